The minimum atomic E-state index is 0.583. The Morgan fingerprint density at radius 1 is 1.21 bits per heavy atom. The van der Waals surface area contributed by atoms with Gasteiger partial charge in [-0.1, -0.05) is 25.3 Å². The van der Waals surface area contributed by atoms with Crippen molar-refractivity contribution in [2.75, 3.05) is 6.54 Å². The molecule has 0 saturated heterocycles. The highest BCUT2D eigenvalue weighted by Gasteiger charge is 2.33. The number of hydrogen-bond donors (Lipinski definition) is 2. The van der Waals surface area contributed by atoms with Gasteiger partial charge >= 0.3 is 0 Å². The van der Waals surface area contributed by atoms with Gasteiger partial charge in [0.25, 0.3) is 0 Å². The van der Waals surface area contributed by atoms with Gasteiger partial charge in [0.2, 0.25) is 0 Å². The maximum Gasteiger partial charge on any atom is 0.0445 e. The molecule has 1 heterocycles. The Bertz CT molecular complexity index is 370. The molecule has 0 bridgehead atoms. The number of thiophene rings is 1. The lowest BCUT2D eigenvalue weighted by Crippen LogP contribution is -2.40. The predicted molar refractivity (Wildman–Crippen MR) is 82.3 cm³/mol. The average Bonchev–Trinajstić information content (AvgIpc) is 3.17. The third-order valence-electron chi connectivity index (χ3n) is 5.08. The van der Waals surface area contributed by atoms with Gasteiger partial charge in [-0.05, 0) is 55.5 Å². The van der Waals surface area contributed by atoms with Crippen molar-refractivity contribution in [2.45, 2.75) is 57.0 Å². The van der Waals surface area contributed by atoms with E-state index in [9.17, 15) is 0 Å². The normalized spacial score (nSPS) is 29.9. The van der Waals surface area contributed by atoms with Crippen LogP contribution in [0.5, 0.6) is 0 Å². The Kier molecular flexibility index (Phi) is 4.57. The topological polar surface area (TPSA) is 38.0 Å². The summed E-state index contributed by atoms with van der Waals surface area (Å²) in [5, 5.41) is 6.21. The molecule has 0 aromatic carbocycles. The number of rotatable bonds is 5. The van der Waals surface area contributed by atoms with Gasteiger partial charge in [-0.15, -0.1) is 11.3 Å². The largest absolute Gasteiger partial charge is 0.330 e. The van der Waals surface area contributed by atoms with E-state index in [2.05, 4.69) is 22.8 Å². The van der Waals surface area contributed by atoms with Crippen LogP contribution in [0.3, 0.4) is 0 Å². The van der Waals surface area contributed by atoms with Crippen LogP contribution in [0, 0.1) is 11.8 Å². The summed E-state index contributed by atoms with van der Waals surface area (Å²) in [6.07, 6.45) is 9.61. The van der Waals surface area contributed by atoms with Crippen molar-refractivity contribution in [2.24, 2.45) is 17.6 Å². The van der Waals surface area contributed by atoms with Gasteiger partial charge in [0.15, 0.2) is 0 Å². The van der Waals surface area contributed by atoms with Gasteiger partial charge in [0.05, 0.1) is 0 Å². The fourth-order valence-corrected chi connectivity index (χ4v) is 4.86. The first-order valence-electron chi connectivity index (χ1n) is 7.88. The highest BCUT2D eigenvalue weighted by Crippen LogP contribution is 2.39. The summed E-state index contributed by atoms with van der Waals surface area (Å²) in [7, 11) is 0. The molecule has 2 aliphatic carbocycles. The van der Waals surface area contributed by atoms with Crippen LogP contribution < -0.4 is 11.1 Å². The lowest BCUT2D eigenvalue weighted by Gasteiger charge is -2.30. The molecule has 2 fully saturated rings. The van der Waals surface area contributed by atoms with Crippen molar-refractivity contribution in [3.05, 3.63) is 22.4 Å². The summed E-state index contributed by atoms with van der Waals surface area (Å²) in [4.78, 5) is 1.54. The van der Waals surface area contributed by atoms with Gasteiger partial charge < -0.3 is 11.1 Å². The second kappa shape index (κ2) is 6.38. The molecule has 0 aliphatic heterocycles. The van der Waals surface area contributed by atoms with Crippen molar-refractivity contribution in [1.82, 2.24) is 5.32 Å². The summed E-state index contributed by atoms with van der Waals surface area (Å²) in [6, 6.07) is 5.74. The Labute approximate surface area is 120 Å². The van der Waals surface area contributed by atoms with E-state index in [1.807, 2.05) is 11.3 Å². The van der Waals surface area contributed by atoms with Gasteiger partial charge in [0.1, 0.15) is 0 Å². The van der Waals surface area contributed by atoms with Crippen LogP contribution in [0.2, 0.25) is 0 Å². The van der Waals surface area contributed by atoms with Crippen molar-refractivity contribution >= 4 is 11.3 Å². The van der Waals surface area contributed by atoms with Crippen molar-refractivity contribution in [3.8, 4) is 0 Å². The Balaban J connectivity index is 1.72. The van der Waals surface area contributed by atoms with Crippen LogP contribution in [0.25, 0.3) is 0 Å². The monoisotopic (exact) mass is 278 g/mol. The molecular formula is C16H26N2S. The van der Waals surface area contributed by atoms with E-state index in [0.717, 1.165) is 12.5 Å². The summed E-state index contributed by atoms with van der Waals surface area (Å²) >= 11 is 1.92. The van der Waals surface area contributed by atoms with Crippen LogP contribution in [0.15, 0.2) is 17.5 Å². The van der Waals surface area contributed by atoms with E-state index in [1.54, 1.807) is 0 Å². The van der Waals surface area contributed by atoms with E-state index in [4.69, 9.17) is 5.73 Å². The summed E-state index contributed by atoms with van der Waals surface area (Å²) in [5.74, 6) is 1.54. The molecule has 3 rings (SSSR count). The smallest absolute Gasteiger partial charge is 0.0445 e. The molecule has 2 aliphatic rings. The molecule has 1 aromatic rings. The van der Waals surface area contributed by atoms with E-state index < -0.39 is 0 Å². The molecule has 0 amide bonds. The Morgan fingerprint density at radius 2 is 2.05 bits per heavy atom. The minimum absolute atomic E-state index is 0.583. The lowest BCUT2D eigenvalue weighted by molar-refractivity contribution is 0.297. The standard InChI is InChI=1S/C16H26N2S/c17-11-13-7-3-8-14(13)18-16(12-5-1-2-6-12)15-9-4-10-19-15/h4,9-10,12-14,16,18H,1-3,5-8,11,17H2. The van der Waals surface area contributed by atoms with E-state index in [0.29, 0.717) is 18.0 Å². The fraction of sp³-hybridized carbons (Fsp3) is 0.750. The third-order valence-corrected chi connectivity index (χ3v) is 6.03. The highest BCUT2D eigenvalue weighted by atomic mass is 32.1. The molecule has 19 heavy (non-hydrogen) atoms. The lowest BCUT2D eigenvalue weighted by atomic mass is 9.94. The zero-order chi connectivity index (χ0) is 13.1. The minimum Gasteiger partial charge on any atom is -0.330 e. The number of hydrogen-bond acceptors (Lipinski definition) is 3. The predicted octanol–water partition coefficient (Wildman–Crippen LogP) is 3.70. The molecule has 0 spiro atoms. The molecule has 3 unspecified atom stereocenters. The average molecular weight is 278 g/mol. The number of nitrogens with one attached hydrogen (secondary N) is 1. The molecule has 106 valence electrons. The molecule has 0 radical (unpaired) electrons. The summed E-state index contributed by atoms with van der Waals surface area (Å²) in [6.45, 7) is 0.847. The molecular weight excluding hydrogens is 252 g/mol. The highest BCUT2D eigenvalue weighted by molar-refractivity contribution is 7.10. The van der Waals surface area contributed by atoms with Crippen LogP contribution in [-0.4, -0.2) is 12.6 Å². The SMILES string of the molecule is NCC1CCCC1NC(c1cccs1)C1CCCC1. The molecule has 2 saturated carbocycles. The molecule has 1 aromatic heterocycles. The molecule has 3 N–H and O–H groups in total. The zero-order valence-electron chi connectivity index (χ0n) is 11.7. The second-order valence-corrected chi connectivity index (χ2v) is 7.22. The van der Waals surface area contributed by atoms with Gasteiger partial charge in [-0.2, -0.15) is 0 Å². The van der Waals surface area contributed by atoms with Crippen LogP contribution >= 0.6 is 11.3 Å². The molecule has 3 atom stereocenters. The van der Waals surface area contributed by atoms with Crippen molar-refractivity contribution in [3.63, 3.8) is 0 Å². The molecule has 2 nitrogen and oxygen atoms in total. The van der Waals surface area contributed by atoms with E-state index >= 15 is 0 Å². The first-order valence-corrected chi connectivity index (χ1v) is 8.76. The fourth-order valence-electron chi connectivity index (χ4n) is 3.98. The quantitative estimate of drug-likeness (QED) is 0.862. The third kappa shape index (κ3) is 3.04. The summed E-state index contributed by atoms with van der Waals surface area (Å²) < 4.78 is 0. The molecule has 3 heteroatoms. The Hall–Kier alpha value is -0.380. The van der Waals surface area contributed by atoms with Gasteiger partial charge in [-0.3, -0.25) is 0 Å². The maximum atomic E-state index is 5.93. The second-order valence-electron chi connectivity index (χ2n) is 6.24. The van der Waals surface area contributed by atoms with Gasteiger partial charge in [-0.25, -0.2) is 0 Å². The maximum absolute atomic E-state index is 5.93. The van der Waals surface area contributed by atoms with E-state index in [-0.39, 0.29) is 0 Å². The van der Waals surface area contributed by atoms with E-state index in [1.165, 1.54) is 49.8 Å². The van der Waals surface area contributed by atoms with Crippen molar-refractivity contribution < 1.29 is 0 Å². The van der Waals surface area contributed by atoms with Crippen LogP contribution in [0.1, 0.15) is 55.9 Å². The van der Waals surface area contributed by atoms with Crippen molar-refractivity contribution in [1.29, 1.82) is 0 Å². The van der Waals surface area contributed by atoms with Crippen LogP contribution in [-0.2, 0) is 0 Å². The van der Waals surface area contributed by atoms with Crippen LogP contribution in [0.4, 0.5) is 0 Å². The first kappa shape index (κ1) is 13.6. The first-order chi connectivity index (χ1) is 9.38. The van der Waals surface area contributed by atoms with Gasteiger partial charge in [0, 0.05) is 17.0 Å². The Morgan fingerprint density at radius 3 is 2.74 bits per heavy atom. The summed E-state index contributed by atoms with van der Waals surface area (Å²) in [5.41, 5.74) is 5.93. The number of nitrogens with two attached hydrogens (primary N) is 1. The zero-order valence-corrected chi connectivity index (χ0v) is 12.5.